The number of benzene rings is 1. The van der Waals surface area contributed by atoms with Crippen LogP contribution in [0.2, 0.25) is 0 Å². The molecule has 0 aliphatic carbocycles. The minimum atomic E-state index is -0.426. The zero-order chi connectivity index (χ0) is 11.4. The second-order valence-electron chi connectivity index (χ2n) is 3.15. The zero-order valence-electron chi connectivity index (χ0n) is 8.11. The minimum Gasteiger partial charge on any atom is -0.516 e. The summed E-state index contributed by atoms with van der Waals surface area (Å²) in [6.07, 6.45) is 1.32. The lowest BCUT2D eigenvalue weighted by atomic mass is 10.1. The summed E-state index contributed by atoms with van der Waals surface area (Å²) >= 11 is 3.26. The lowest BCUT2D eigenvalue weighted by Gasteiger charge is -2.04. The van der Waals surface area contributed by atoms with Gasteiger partial charge in [-0.25, -0.2) is 0 Å². The van der Waals surface area contributed by atoms with E-state index in [9.17, 15) is 10.1 Å². The first-order valence-electron chi connectivity index (χ1n) is 4.28. The van der Waals surface area contributed by atoms with Gasteiger partial charge in [0.25, 0.3) is 5.69 Å². The standard InChI is InChI=1S/C10H10BrNO3/c1-7(6-13)5-8-9(11)3-2-4-10(8)12(14)15/h2-4,6,13H,5H2,1H3. The van der Waals surface area contributed by atoms with Crippen LogP contribution in [0.15, 0.2) is 34.5 Å². The van der Waals surface area contributed by atoms with Crippen molar-refractivity contribution >= 4 is 21.6 Å². The molecule has 0 bridgehead atoms. The highest BCUT2D eigenvalue weighted by molar-refractivity contribution is 9.10. The van der Waals surface area contributed by atoms with Gasteiger partial charge in [0.1, 0.15) is 0 Å². The van der Waals surface area contributed by atoms with Crippen LogP contribution in [0.1, 0.15) is 12.5 Å². The molecule has 1 aromatic rings. The molecule has 0 aromatic heterocycles. The number of hydrogen-bond donors (Lipinski definition) is 1. The van der Waals surface area contributed by atoms with E-state index < -0.39 is 4.92 Å². The van der Waals surface area contributed by atoms with Gasteiger partial charge in [-0.15, -0.1) is 0 Å². The monoisotopic (exact) mass is 271 g/mol. The highest BCUT2D eigenvalue weighted by Gasteiger charge is 2.16. The van der Waals surface area contributed by atoms with Gasteiger partial charge in [0, 0.05) is 22.5 Å². The van der Waals surface area contributed by atoms with E-state index in [0.717, 1.165) is 6.26 Å². The topological polar surface area (TPSA) is 63.4 Å². The molecule has 0 saturated carbocycles. The molecule has 4 nitrogen and oxygen atoms in total. The smallest absolute Gasteiger partial charge is 0.274 e. The Morgan fingerprint density at radius 2 is 2.33 bits per heavy atom. The highest BCUT2D eigenvalue weighted by Crippen LogP contribution is 2.28. The van der Waals surface area contributed by atoms with Crippen molar-refractivity contribution in [2.24, 2.45) is 0 Å². The molecule has 0 fully saturated rings. The molecule has 15 heavy (non-hydrogen) atoms. The van der Waals surface area contributed by atoms with Crippen molar-refractivity contribution in [2.45, 2.75) is 13.3 Å². The number of aliphatic hydroxyl groups excluding tert-OH is 1. The summed E-state index contributed by atoms with van der Waals surface area (Å²) in [4.78, 5) is 10.3. The van der Waals surface area contributed by atoms with Crippen LogP contribution in [0.3, 0.4) is 0 Å². The molecule has 0 atom stereocenters. The van der Waals surface area contributed by atoms with Crippen LogP contribution in [0.25, 0.3) is 0 Å². The van der Waals surface area contributed by atoms with Crippen LogP contribution in [0, 0.1) is 10.1 Å². The summed E-state index contributed by atoms with van der Waals surface area (Å²) in [6, 6.07) is 4.81. The van der Waals surface area contributed by atoms with Gasteiger partial charge in [-0.05, 0) is 18.6 Å². The first-order chi connectivity index (χ1) is 7.06. The number of rotatable bonds is 3. The Bertz CT molecular complexity index is 415. The van der Waals surface area contributed by atoms with Crippen LogP contribution in [-0.4, -0.2) is 10.0 Å². The Balaban J connectivity index is 3.19. The van der Waals surface area contributed by atoms with Crippen LogP contribution in [0.5, 0.6) is 0 Å². The largest absolute Gasteiger partial charge is 0.516 e. The third-order valence-corrected chi connectivity index (χ3v) is 2.71. The predicted octanol–water partition coefficient (Wildman–Crippen LogP) is 3.36. The summed E-state index contributed by atoms with van der Waals surface area (Å²) in [5.41, 5.74) is 1.31. The van der Waals surface area contributed by atoms with Crippen LogP contribution in [-0.2, 0) is 6.42 Å². The molecule has 0 radical (unpaired) electrons. The number of nitrogens with zero attached hydrogens (tertiary/aromatic N) is 1. The molecule has 0 aliphatic rings. The maximum absolute atomic E-state index is 10.7. The third-order valence-electron chi connectivity index (χ3n) is 1.97. The number of aliphatic hydroxyl groups is 1. The summed E-state index contributed by atoms with van der Waals surface area (Å²) in [5.74, 6) is 0. The molecule has 0 saturated heterocycles. The van der Waals surface area contributed by atoms with E-state index in [0.29, 0.717) is 22.0 Å². The van der Waals surface area contributed by atoms with E-state index in [-0.39, 0.29) is 5.69 Å². The number of hydrogen-bond acceptors (Lipinski definition) is 3. The third kappa shape index (κ3) is 2.79. The van der Waals surface area contributed by atoms with Gasteiger partial charge < -0.3 is 5.11 Å². The van der Waals surface area contributed by atoms with Crippen LogP contribution in [0.4, 0.5) is 5.69 Å². The van der Waals surface area contributed by atoms with E-state index in [1.165, 1.54) is 6.07 Å². The van der Waals surface area contributed by atoms with Crippen molar-refractivity contribution in [3.05, 3.63) is 50.2 Å². The van der Waals surface area contributed by atoms with Gasteiger partial charge in [0.15, 0.2) is 0 Å². The van der Waals surface area contributed by atoms with E-state index in [1.807, 2.05) is 0 Å². The molecule has 0 unspecified atom stereocenters. The summed E-state index contributed by atoms with van der Waals surface area (Å²) in [6.45, 7) is 1.71. The fourth-order valence-electron chi connectivity index (χ4n) is 1.22. The molecule has 1 rings (SSSR count). The molecule has 1 N–H and O–H groups in total. The van der Waals surface area contributed by atoms with Crippen molar-refractivity contribution in [1.29, 1.82) is 0 Å². The van der Waals surface area contributed by atoms with Gasteiger partial charge in [0.05, 0.1) is 11.2 Å². The molecule has 1 aromatic carbocycles. The van der Waals surface area contributed by atoms with Crippen LogP contribution < -0.4 is 0 Å². The molecule has 0 spiro atoms. The summed E-state index contributed by atoms with van der Waals surface area (Å²) < 4.78 is 0.679. The average molecular weight is 272 g/mol. The number of nitro groups is 1. The molecular formula is C10H10BrNO3. The highest BCUT2D eigenvalue weighted by atomic mass is 79.9. The van der Waals surface area contributed by atoms with Gasteiger partial charge in [-0.2, -0.15) is 0 Å². The Kier molecular flexibility index (Phi) is 3.85. The molecule has 0 amide bonds. The quantitative estimate of drug-likeness (QED) is 0.521. The van der Waals surface area contributed by atoms with Gasteiger partial charge in [0.2, 0.25) is 0 Å². The van der Waals surface area contributed by atoms with E-state index in [4.69, 9.17) is 5.11 Å². The second kappa shape index (κ2) is 4.93. The molecule has 0 heterocycles. The Labute approximate surface area is 95.5 Å². The van der Waals surface area contributed by atoms with Crippen molar-refractivity contribution in [2.75, 3.05) is 0 Å². The average Bonchev–Trinajstić information content (AvgIpc) is 2.20. The molecule has 80 valence electrons. The lowest BCUT2D eigenvalue weighted by Crippen LogP contribution is -1.97. The van der Waals surface area contributed by atoms with Crippen molar-refractivity contribution in [3.63, 3.8) is 0 Å². The van der Waals surface area contributed by atoms with E-state index in [1.54, 1.807) is 19.1 Å². The summed E-state index contributed by atoms with van der Waals surface area (Å²) in [5, 5.41) is 19.5. The van der Waals surface area contributed by atoms with E-state index in [2.05, 4.69) is 15.9 Å². The van der Waals surface area contributed by atoms with Crippen LogP contribution >= 0.6 is 15.9 Å². The minimum absolute atomic E-state index is 0.0607. The van der Waals surface area contributed by atoms with Crippen molar-refractivity contribution < 1.29 is 10.0 Å². The number of nitro benzene ring substituents is 1. The normalized spacial score (nSPS) is 11.5. The zero-order valence-corrected chi connectivity index (χ0v) is 9.69. The number of halogens is 1. The SMILES string of the molecule is CC(=CO)Cc1c(Br)cccc1[N+](=O)[O-]. The molecular weight excluding hydrogens is 262 g/mol. The van der Waals surface area contributed by atoms with Crippen molar-refractivity contribution in [1.82, 2.24) is 0 Å². The first kappa shape index (κ1) is 11.7. The second-order valence-corrected chi connectivity index (χ2v) is 4.00. The number of allylic oxidation sites excluding steroid dienone is 1. The van der Waals surface area contributed by atoms with Gasteiger partial charge in [-0.1, -0.05) is 22.0 Å². The fourth-order valence-corrected chi connectivity index (χ4v) is 1.71. The van der Waals surface area contributed by atoms with Gasteiger partial charge >= 0.3 is 0 Å². The maximum Gasteiger partial charge on any atom is 0.274 e. The maximum atomic E-state index is 10.7. The molecule has 5 heteroatoms. The van der Waals surface area contributed by atoms with E-state index >= 15 is 0 Å². The fraction of sp³-hybridized carbons (Fsp3) is 0.200. The first-order valence-corrected chi connectivity index (χ1v) is 5.07. The Hall–Kier alpha value is -1.36. The Morgan fingerprint density at radius 3 is 2.87 bits per heavy atom. The van der Waals surface area contributed by atoms with Gasteiger partial charge in [-0.3, -0.25) is 10.1 Å². The molecule has 0 aliphatic heterocycles. The van der Waals surface area contributed by atoms with Crippen molar-refractivity contribution in [3.8, 4) is 0 Å². The Morgan fingerprint density at radius 1 is 1.67 bits per heavy atom. The lowest BCUT2D eigenvalue weighted by molar-refractivity contribution is -0.385. The predicted molar refractivity (Wildman–Crippen MR) is 60.9 cm³/mol. The summed E-state index contributed by atoms with van der Waals surface area (Å²) in [7, 11) is 0.